The van der Waals surface area contributed by atoms with Gasteiger partial charge in [0.15, 0.2) is 12.6 Å². The molecule has 15 heteroatoms. The fraction of sp³-hybridized carbons (Fsp3) is 0.395. The second-order valence-electron chi connectivity index (χ2n) is 14.1. The van der Waals surface area contributed by atoms with Gasteiger partial charge < -0.3 is 63.5 Å². The number of fused-ring (bicyclic) bond motifs is 2. The SMILES string of the molecule is COc1ccc(CO[C@H]2[C@@H]3OC[C@@H](O3)[C@@H](O[C@H]3O[C@H](CNC(=O)OCc4ccccc4)[C@@H](O)[C@@H](O)[C@H]3NC(=O)OCc3ccccc3)[C@@H]2OCc2ccccc2)cc1. The maximum Gasteiger partial charge on any atom is 0.407 e. The average Bonchev–Trinajstić information content (AvgIpc) is 3.70. The summed E-state index contributed by atoms with van der Waals surface area (Å²) in [5.74, 6) is 0.703. The zero-order chi connectivity index (χ0) is 40.3. The van der Waals surface area contributed by atoms with Gasteiger partial charge in [-0.15, -0.1) is 0 Å². The largest absolute Gasteiger partial charge is 0.497 e. The van der Waals surface area contributed by atoms with Crippen molar-refractivity contribution < 1.29 is 62.4 Å². The molecule has 3 fully saturated rings. The van der Waals surface area contributed by atoms with Crippen LogP contribution in [0.1, 0.15) is 22.3 Å². The first-order chi connectivity index (χ1) is 28.3. The monoisotopic (exact) mass is 800 g/mol. The molecule has 10 atom stereocenters. The molecule has 4 N–H and O–H groups in total. The number of methoxy groups -OCH3 is 1. The van der Waals surface area contributed by atoms with Crippen LogP contribution < -0.4 is 15.4 Å². The lowest BCUT2D eigenvalue weighted by molar-refractivity contribution is -0.323. The summed E-state index contributed by atoms with van der Waals surface area (Å²) >= 11 is 0. The number of nitrogens with one attached hydrogen (secondary N) is 2. The topological polar surface area (TPSA) is 182 Å². The van der Waals surface area contributed by atoms with Crippen molar-refractivity contribution in [1.82, 2.24) is 10.6 Å². The molecule has 0 spiro atoms. The van der Waals surface area contributed by atoms with Gasteiger partial charge in [0.2, 0.25) is 0 Å². The molecule has 4 aromatic carbocycles. The van der Waals surface area contributed by atoms with E-state index in [2.05, 4.69) is 10.6 Å². The van der Waals surface area contributed by atoms with E-state index < -0.39 is 73.5 Å². The molecule has 58 heavy (non-hydrogen) atoms. The number of hydrogen-bond acceptors (Lipinski definition) is 13. The summed E-state index contributed by atoms with van der Waals surface area (Å²) in [4.78, 5) is 25.9. The number of aliphatic hydroxyl groups excluding tert-OH is 2. The van der Waals surface area contributed by atoms with Gasteiger partial charge in [0.1, 0.15) is 67.7 Å². The Kier molecular flexibility index (Phi) is 14.2. The van der Waals surface area contributed by atoms with Crippen molar-refractivity contribution in [3.63, 3.8) is 0 Å². The highest BCUT2D eigenvalue weighted by molar-refractivity contribution is 5.68. The van der Waals surface area contributed by atoms with Gasteiger partial charge in [-0.3, -0.25) is 0 Å². The molecule has 0 saturated carbocycles. The highest BCUT2D eigenvalue weighted by Crippen LogP contribution is 2.37. The third-order valence-corrected chi connectivity index (χ3v) is 10.1. The number of alkyl carbamates (subject to hydrolysis) is 2. The van der Waals surface area contributed by atoms with E-state index in [9.17, 15) is 19.8 Å². The van der Waals surface area contributed by atoms with Crippen LogP contribution in [0.4, 0.5) is 9.59 Å². The summed E-state index contributed by atoms with van der Waals surface area (Å²) in [6.45, 7) is 0.179. The summed E-state index contributed by atoms with van der Waals surface area (Å²) < 4.78 is 54.4. The molecule has 3 aliphatic rings. The molecule has 7 rings (SSSR count). The third-order valence-electron chi connectivity index (χ3n) is 10.1. The van der Waals surface area contributed by atoms with E-state index in [1.54, 1.807) is 19.2 Å². The van der Waals surface area contributed by atoms with Gasteiger partial charge in [0, 0.05) is 6.54 Å². The van der Waals surface area contributed by atoms with Gasteiger partial charge in [-0.25, -0.2) is 9.59 Å². The summed E-state index contributed by atoms with van der Waals surface area (Å²) in [6, 6.07) is 33.9. The highest BCUT2D eigenvalue weighted by Gasteiger charge is 2.56. The Labute approximate surface area is 336 Å². The minimum absolute atomic E-state index is 0.0183. The van der Waals surface area contributed by atoms with E-state index in [0.717, 1.165) is 22.3 Å². The van der Waals surface area contributed by atoms with E-state index in [-0.39, 0.29) is 39.6 Å². The molecule has 0 unspecified atom stereocenters. The minimum Gasteiger partial charge on any atom is -0.497 e. The van der Waals surface area contributed by atoms with E-state index in [1.165, 1.54) is 0 Å². The van der Waals surface area contributed by atoms with E-state index in [4.69, 9.17) is 42.6 Å². The first kappa shape index (κ1) is 41.1. The summed E-state index contributed by atoms with van der Waals surface area (Å²) in [6.07, 6.45) is -11.5. The Morgan fingerprint density at radius 1 is 0.655 bits per heavy atom. The first-order valence-electron chi connectivity index (χ1n) is 19.1. The molecular formula is C43H48N2O13. The number of carbonyl (C=O) groups is 2. The second kappa shape index (κ2) is 20.0. The smallest absolute Gasteiger partial charge is 0.407 e. The Bertz CT molecular complexity index is 1870. The van der Waals surface area contributed by atoms with Crippen molar-refractivity contribution in [2.24, 2.45) is 0 Å². The molecule has 0 aliphatic carbocycles. The highest BCUT2D eigenvalue weighted by atomic mass is 16.8. The van der Waals surface area contributed by atoms with Crippen molar-refractivity contribution in [3.05, 3.63) is 138 Å². The number of aliphatic hydroxyl groups is 2. The predicted octanol–water partition coefficient (Wildman–Crippen LogP) is 3.97. The molecule has 15 nitrogen and oxygen atoms in total. The Morgan fingerprint density at radius 2 is 1.21 bits per heavy atom. The fourth-order valence-corrected chi connectivity index (χ4v) is 6.93. The molecule has 2 amide bonds. The van der Waals surface area contributed by atoms with Crippen LogP contribution in [0.2, 0.25) is 0 Å². The molecule has 4 aromatic rings. The van der Waals surface area contributed by atoms with Crippen LogP contribution in [0.25, 0.3) is 0 Å². The van der Waals surface area contributed by atoms with Crippen LogP contribution in [0.3, 0.4) is 0 Å². The van der Waals surface area contributed by atoms with E-state index >= 15 is 0 Å². The lowest BCUT2D eigenvalue weighted by Gasteiger charge is -2.46. The van der Waals surface area contributed by atoms with E-state index in [0.29, 0.717) is 5.75 Å². The van der Waals surface area contributed by atoms with Gasteiger partial charge >= 0.3 is 12.2 Å². The number of amides is 2. The lowest BCUT2D eigenvalue weighted by Crippen LogP contribution is -2.67. The van der Waals surface area contributed by atoms with Gasteiger partial charge in [-0.05, 0) is 34.4 Å². The number of rotatable bonds is 16. The molecule has 0 radical (unpaired) electrons. The molecule has 3 saturated heterocycles. The van der Waals surface area contributed by atoms with Crippen LogP contribution in [-0.4, -0.2) is 104 Å². The minimum atomic E-state index is -1.64. The van der Waals surface area contributed by atoms with E-state index in [1.807, 2.05) is 103 Å². The Hall–Kier alpha value is -5.10. The first-order valence-corrected chi connectivity index (χ1v) is 19.1. The molecule has 0 aromatic heterocycles. The summed E-state index contributed by atoms with van der Waals surface area (Å²) in [5.41, 5.74) is 3.29. The fourth-order valence-electron chi connectivity index (χ4n) is 6.93. The van der Waals surface area contributed by atoms with Crippen molar-refractivity contribution in [2.45, 2.75) is 87.8 Å². The van der Waals surface area contributed by atoms with Crippen LogP contribution in [-0.2, 0) is 64.3 Å². The number of benzene rings is 4. The predicted molar refractivity (Wildman–Crippen MR) is 205 cm³/mol. The standard InChI is InChI=1S/C43H48N2O13/c1-50-31-19-17-30(18-20-31)23-52-39-38(51-22-27-11-5-2-6-12-27)37(33-26-53-41(39)57-33)58-40-34(45-43(49)55-25-29-15-9-4-10-16-29)36(47)35(46)32(56-40)21-44-42(48)54-24-28-13-7-3-8-14-28/h2-20,32-41,46-47H,21-26H2,1H3,(H,44,48)(H,45,49)/t32-,33-,34-,35-,36+,37-,38+,39-,40-,41-/m1/s1. The van der Waals surface area contributed by atoms with Gasteiger partial charge in [-0.1, -0.05) is 103 Å². The zero-order valence-corrected chi connectivity index (χ0v) is 31.9. The normalized spacial score (nSPS) is 27.6. The molecule has 3 aliphatic heterocycles. The second-order valence-corrected chi connectivity index (χ2v) is 14.1. The number of hydrogen-bond donors (Lipinski definition) is 4. The number of ether oxygens (including phenoxy) is 9. The van der Waals surface area contributed by atoms with Crippen LogP contribution in [0.5, 0.6) is 5.75 Å². The Balaban J connectivity index is 1.10. The summed E-state index contributed by atoms with van der Waals surface area (Å²) in [7, 11) is 1.59. The van der Waals surface area contributed by atoms with Gasteiger partial charge in [0.25, 0.3) is 0 Å². The zero-order valence-electron chi connectivity index (χ0n) is 31.9. The van der Waals surface area contributed by atoms with Crippen LogP contribution >= 0.6 is 0 Å². The van der Waals surface area contributed by atoms with Crippen molar-refractivity contribution in [1.29, 1.82) is 0 Å². The summed E-state index contributed by atoms with van der Waals surface area (Å²) in [5, 5.41) is 28.1. The van der Waals surface area contributed by atoms with Crippen molar-refractivity contribution >= 4 is 12.2 Å². The van der Waals surface area contributed by atoms with Crippen molar-refractivity contribution in [2.75, 3.05) is 20.3 Å². The molecular weight excluding hydrogens is 752 g/mol. The van der Waals surface area contributed by atoms with Gasteiger partial charge in [-0.2, -0.15) is 0 Å². The maximum atomic E-state index is 13.2. The quantitative estimate of drug-likeness (QED) is 0.128. The van der Waals surface area contributed by atoms with Crippen LogP contribution in [0, 0.1) is 0 Å². The Morgan fingerprint density at radius 3 is 1.81 bits per heavy atom. The number of carbonyl (C=O) groups excluding carboxylic acids is 2. The lowest BCUT2D eigenvalue weighted by atomic mass is 9.95. The molecule has 2 bridgehead atoms. The van der Waals surface area contributed by atoms with Gasteiger partial charge in [0.05, 0.1) is 26.9 Å². The third kappa shape index (κ3) is 10.7. The van der Waals surface area contributed by atoms with Crippen LogP contribution in [0.15, 0.2) is 115 Å². The maximum absolute atomic E-state index is 13.2. The average molecular weight is 801 g/mol. The molecule has 3 heterocycles. The van der Waals surface area contributed by atoms with Crippen molar-refractivity contribution in [3.8, 4) is 5.75 Å². The molecule has 308 valence electrons.